The highest BCUT2D eigenvalue weighted by Crippen LogP contribution is 2.48. The molecule has 2 aromatic rings. The topological polar surface area (TPSA) is 92.6 Å². The van der Waals surface area contributed by atoms with Crippen LogP contribution in [0, 0.1) is 23.6 Å². The minimum atomic E-state index is -3.66. The summed E-state index contributed by atoms with van der Waals surface area (Å²) < 4.78 is 44.0. The molecule has 1 aliphatic heterocycles. The molecule has 1 aromatic carbocycles. The summed E-state index contributed by atoms with van der Waals surface area (Å²) >= 11 is 0. The van der Waals surface area contributed by atoms with Crippen LogP contribution in [0.25, 0.3) is 0 Å². The van der Waals surface area contributed by atoms with E-state index < -0.39 is 28.0 Å². The standard InChI is InChI=1S/C24H32FN3O4S/c1-2-17-13-26-24(27-14-17)28-7-5-18(6-8-28)22-11-20(22)16-32-15-19-3-4-21(12-23(19)25)33(30,31)10-9-29/h3-4,12-14,18,20,22,29H,2,5-11,15-16H2,1H3/t20-,22+/m0/s1. The van der Waals surface area contributed by atoms with E-state index in [2.05, 4.69) is 21.8 Å². The molecule has 1 N–H and O–H groups in total. The van der Waals surface area contributed by atoms with Gasteiger partial charge in [-0.2, -0.15) is 0 Å². The largest absolute Gasteiger partial charge is 0.395 e. The van der Waals surface area contributed by atoms with Crippen LogP contribution in [-0.4, -0.2) is 55.5 Å². The van der Waals surface area contributed by atoms with Crippen molar-refractivity contribution in [3.8, 4) is 0 Å². The number of piperidine rings is 1. The molecule has 7 nitrogen and oxygen atoms in total. The highest BCUT2D eigenvalue weighted by Gasteiger charge is 2.43. The number of ether oxygens (including phenoxy) is 1. The summed E-state index contributed by atoms with van der Waals surface area (Å²) in [5.41, 5.74) is 1.49. The maximum atomic E-state index is 14.3. The molecule has 180 valence electrons. The van der Waals surface area contributed by atoms with Crippen molar-refractivity contribution in [1.82, 2.24) is 9.97 Å². The molecule has 4 rings (SSSR count). The molecule has 0 amide bonds. The summed E-state index contributed by atoms with van der Waals surface area (Å²) in [6.07, 6.45) is 8.16. The van der Waals surface area contributed by atoms with Crippen LogP contribution in [0.1, 0.15) is 37.3 Å². The van der Waals surface area contributed by atoms with Crippen LogP contribution in [0.3, 0.4) is 0 Å². The summed E-state index contributed by atoms with van der Waals surface area (Å²) in [7, 11) is -3.66. The molecule has 1 saturated carbocycles. The Morgan fingerprint density at radius 2 is 1.94 bits per heavy atom. The number of nitrogens with zero attached hydrogens (tertiary/aromatic N) is 3. The maximum Gasteiger partial charge on any atom is 0.225 e. The number of aliphatic hydroxyl groups is 1. The van der Waals surface area contributed by atoms with Gasteiger partial charge in [0.25, 0.3) is 0 Å². The first-order valence-electron chi connectivity index (χ1n) is 11.7. The number of anilines is 1. The molecule has 0 spiro atoms. The van der Waals surface area contributed by atoms with Crippen molar-refractivity contribution in [2.45, 2.75) is 44.1 Å². The first-order chi connectivity index (χ1) is 15.9. The van der Waals surface area contributed by atoms with Crippen LogP contribution in [0.15, 0.2) is 35.5 Å². The Bertz CT molecular complexity index is 1040. The van der Waals surface area contributed by atoms with Crippen LogP contribution in [0.2, 0.25) is 0 Å². The summed E-state index contributed by atoms with van der Waals surface area (Å²) in [5, 5.41) is 8.86. The third-order valence-corrected chi connectivity index (χ3v) is 8.53. The van der Waals surface area contributed by atoms with Crippen molar-refractivity contribution in [2.24, 2.45) is 17.8 Å². The van der Waals surface area contributed by atoms with E-state index in [1.54, 1.807) is 0 Å². The lowest BCUT2D eigenvalue weighted by Crippen LogP contribution is -2.35. The van der Waals surface area contributed by atoms with Crippen molar-refractivity contribution in [1.29, 1.82) is 0 Å². The highest BCUT2D eigenvalue weighted by molar-refractivity contribution is 7.91. The lowest BCUT2D eigenvalue weighted by atomic mass is 9.91. The van der Waals surface area contributed by atoms with E-state index in [4.69, 9.17) is 9.84 Å². The molecule has 2 heterocycles. The Hall–Kier alpha value is -2.10. The number of benzene rings is 1. The first-order valence-corrected chi connectivity index (χ1v) is 13.3. The van der Waals surface area contributed by atoms with Gasteiger partial charge in [0.1, 0.15) is 5.82 Å². The van der Waals surface area contributed by atoms with Gasteiger partial charge in [0.2, 0.25) is 5.95 Å². The molecule has 2 atom stereocenters. The summed E-state index contributed by atoms with van der Waals surface area (Å²) in [4.78, 5) is 11.1. The SMILES string of the molecule is CCc1cnc(N2CCC([C@H]3C[C@H]3COCc3ccc(S(=O)(=O)CCO)cc3F)CC2)nc1. The number of aryl methyl sites for hydroxylation is 1. The molecule has 0 unspecified atom stereocenters. The molecule has 2 aliphatic rings. The van der Waals surface area contributed by atoms with Gasteiger partial charge in [-0.25, -0.2) is 22.8 Å². The molecule has 0 bridgehead atoms. The second-order valence-electron chi connectivity index (χ2n) is 9.04. The fourth-order valence-electron chi connectivity index (χ4n) is 4.66. The van der Waals surface area contributed by atoms with Crippen molar-refractivity contribution in [3.05, 3.63) is 47.5 Å². The Kier molecular flexibility index (Phi) is 7.61. The highest BCUT2D eigenvalue weighted by atomic mass is 32.2. The average molecular weight is 478 g/mol. The molecule has 1 saturated heterocycles. The molecule has 1 aromatic heterocycles. The first kappa shape index (κ1) is 24.0. The predicted molar refractivity (Wildman–Crippen MR) is 123 cm³/mol. The van der Waals surface area contributed by atoms with Crippen LogP contribution in [0.5, 0.6) is 0 Å². The van der Waals surface area contributed by atoms with Crippen LogP contribution < -0.4 is 4.90 Å². The zero-order valence-electron chi connectivity index (χ0n) is 19.0. The smallest absolute Gasteiger partial charge is 0.225 e. The van der Waals surface area contributed by atoms with E-state index in [1.165, 1.54) is 12.1 Å². The van der Waals surface area contributed by atoms with E-state index in [-0.39, 0.29) is 11.5 Å². The summed E-state index contributed by atoms with van der Waals surface area (Å²) in [6.45, 7) is 4.26. The number of sulfone groups is 1. The Labute approximate surface area is 194 Å². The van der Waals surface area contributed by atoms with Gasteiger partial charge in [-0.15, -0.1) is 0 Å². The zero-order chi connectivity index (χ0) is 23.4. The third kappa shape index (κ3) is 5.88. The number of hydrogen-bond donors (Lipinski definition) is 1. The number of halogens is 1. The van der Waals surface area contributed by atoms with Crippen molar-refractivity contribution < 1.29 is 22.7 Å². The summed E-state index contributed by atoms with van der Waals surface area (Å²) in [6, 6.07) is 3.84. The van der Waals surface area contributed by atoms with Gasteiger partial charge < -0.3 is 14.7 Å². The van der Waals surface area contributed by atoms with Crippen LogP contribution in [0.4, 0.5) is 10.3 Å². The van der Waals surface area contributed by atoms with Gasteiger partial charge in [0.15, 0.2) is 9.84 Å². The van der Waals surface area contributed by atoms with Crippen LogP contribution >= 0.6 is 0 Å². The second-order valence-corrected chi connectivity index (χ2v) is 11.1. The number of aromatic nitrogens is 2. The quantitative estimate of drug-likeness (QED) is 0.562. The zero-order valence-corrected chi connectivity index (χ0v) is 19.8. The monoisotopic (exact) mass is 477 g/mol. The fraction of sp³-hybridized carbons (Fsp3) is 0.583. The average Bonchev–Trinajstić information content (AvgIpc) is 3.60. The second kappa shape index (κ2) is 10.4. The van der Waals surface area contributed by atoms with Crippen molar-refractivity contribution in [3.63, 3.8) is 0 Å². The molecule has 33 heavy (non-hydrogen) atoms. The van der Waals surface area contributed by atoms with Gasteiger partial charge in [0.05, 0.1) is 30.5 Å². The van der Waals surface area contributed by atoms with E-state index in [1.807, 2.05) is 12.4 Å². The van der Waals surface area contributed by atoms with Crippen molar-refractivity contribution >= 4 is 15.8 Å². The van der Waals surface area contributed by atoms with E-state index in [0.717, 1.165) is 56.4 Å². The van der Waals surface area contributed by atoms with E-state index >= 15 is 0 Å². The fourth-order valence-corrected chi connectivity index (χ4v) is 5.69. The lowest BCUT2D eigenvalue weighted by Gasteiger charge is -2.32. The molecular weight excluding hydrogens is 445 g/mol. The van der Waals surface area contributed by atoms with Gasteiger partial charge in [-0.05, 0) is 61.1 Å². The van der Waals surface area contributed by atoms with E-state index in [9.17, 15) is 12.8 Å². The predicted octanol–water partition coefficient (Wildman–Crippen LogP) is 3.01. The van der Waals surface area contributed by atoms with Gasteiger partial charge in [-0.3, -0.25) is 0 Å². The molecular formula is C24H32FN3O4S. The van der Waals surface area contributed by atoms with Gasteiger partial charge in [0, 0.05) is 31.0 Å². The third-order valence-electron chi connectivity index (χ3n) is 6.84. The van der Waals surface area contributed by atoms with Gasteiger partial charge >= 0.3 is 0 Å². The maximum absolute atomic E-state index is 14.3. The molecule has 0 radical (unpaired) electrons. The van der Waals surface area contributed by atoms with Crippen molar-refractivity contribution in [2.75, 3.05) is 37.0 Å². The summed E-state index contributed by atoms with van der Waals surface area (Å²) in [5.74, 6) is 1.65. The number of rotatable bonds is 10. The Morgan fingerprint density at radius 1 is 1.21 bits per heavy atom. The number of hydrogen-bond acceptors (Lipinski definition) is 7. The van der Waals surface area contributed by atoms with E-state index in [0.29, 0.717) is 29.9 Å². The normalized spacial score (nSPS) is 21.4. The lowest BCUT2D eigenvalue weighted by molar-refractivity contribution is 0.102. The molecule has 2 fully saturated rings. The Balaban J connectivity index is 1.20. The molecule has 1 aliphatic carbocycles. The molecule has 9 heteroatoms. The number of aliphatic hydroxyl groups excluding tert-OH is 1. The van der Waals surface area contributed by atoms with Gasteiger partial charge in [-0.1, -0.05) is 13.0 Å². The minimum Gasteiger partial charge on any atom is -0.395 e. The minimum absolute atomic E-state index is 0.113. The Morgan fingerprint density at radius 3 is 2.58 bits per heavy atom. The van der Waals surface area contributed by atoms with Crippen LogP contribution in [-0.2, 0) is 27.6 Å².